The highest BCUT2D eigenvalue weighted by Gasteiger charge is 2.26. The Morgan fingerprint density at radius 3 is 1.96 bits per heavy atom. The Morgan fingerprint density at radius 1 is 0.815 bits per heavy atom. The van der Waals surface area contributed by atoms with E-state index in [1.165, 1.54) is 19.3 Å². The minimum absolute atomic E-state index is 0.0220. The van der Waals surface area contributed by atoms with Crippen molar-refractivity contribution in [1.82, 2.24) is 15.5 Å². The number of nitrogens with one attached hydrogen (secondary N) is 2. The second-order valence-electron chi connectivity index (χ2n) is 7.46. The molecule has 1 aromatic carbocycles. The lowest BCUT2D eigenvalue weighted by atomic mass is 9.95. The van der Waals surface area contributed by atoms with E-state index < -0.39 is 5.91 Å². The summed E-state index contributed by atoms with van der Waals surface area (Å²) >= 11 is 0. The number of urea groups is 1. The minimum Gasteiger partial charge on any atom is -0.366 e. The summed E-state index contributed by atoms with van der Waals surface area (Å²) in [5.41, 5.74) is 6.09. The number of hydrogen-bond acceptors (Lipinski definition) is 3. The van der Waals surface area contributed by atoms with Gasteiger partial charge in [0, 0.05) is 36.3 Å². The summed E-state index contributed by atoms with van der Waals surface area (Å²) in [6.45, 7) is 1.29. The van der Waals surface area contributed by atoms with E-state index >= 15 is 0 Å². The fourth-order valence-electron chi connectivity index (χ4n) is 3.79. The van der Waals surface area contributed by atoms with E-state index in [2.05, 4.69) is 10.6 Å². The van der Waals surface area contributed by atoms with Crippen LogP contribution >= 0.6 is 0 Å². The van der Waals surface area contributed by atoms with Crippen LogP contribution in [0.25, 0.3) is 0 Å². The lowest BCUT2D eigenvalue weighted by molar-refractivity contribution is 0.0915. The number of carbonyl (C=O) groups is 3. The molecule has 27 heavy (non-hydrogen) atoms. The third kappa shape index (κ3) is 5.21. The molecule has 0 unspecified atom stereocenters. The monoisotopic (exact) mass is 372 g/mol. The fraction of sp³-hybridized carbons (Fsp3) is 0.550. The molecule has 1 aliphatic heterocycles. The van der Waals surface area contributed by atoms with Crippen LogP contribution in [0.4, 0.5) is 4.79 Å². The molecule has 0 aromatic heterocycles. The third-order valence-electron chi connectivity index (χ3n) is 5.48. The lowest BCUT2D eigenvalue weighted by Crippen LogP contribution is -2.51. The smallest absolute Gasteiger partial charge is 0.317 e. The Labute approximate surface area is 159 Å². The molecule has 0 atom stereocenters. The van der Waals surface area contributed by atoms with Crippen molar-refractivity contribution in [2.24, 2.45) is 5.73 Å². The van der Waals surface area contributed by atoms with Crippen molar-refractivity contribution >= 4 is 17.8 Å². The second kappa shape index (κ2) is 8.88. The maximum atomic E-state index is 12.4. The van der Waals surface area contributed by atoms with Crippen molar-refractivity contribution in [2.45, 2.75) is 57.0 Å². The molecule has 1 aromatic rings. The molecule has 1 saturated carbocycles. The molecule has 1 heterocycles. The van der Waals surface area contributed by atoms with Crippen LogP contribution < -0.4 is 16.4 Å². The first-order valence-electron chi connectivity index (χ1n) is 9.79. The highest BCUT2D eigenvalue weighted by molar-refractivity contribution is 5.97. The highest BCUT2D eigenvalue weighted by atomic mass is 16.2. The number of nitrogens with two attached hydrogens (primary N) is 1. The SMILES string of the molecule is NC(=O)c1ccc(C(=O)NC2CCN(C(=O)NC3CCCCC3)CC2)cc1. The van der Waals surface area contributed by atoms with Gasteiger partial charge in [-0.25, -0.2) is 4.79 Å². The molecule has 2 fully saturated rings. The van der Waals surface area contributed by atoms with E-state index in [-0.39, 0.29) is 18.0 Å². The van der Waals surface area contributed by atoms with Crippen LogP contribution in [0.1, 0.15) is 65.7 Å². The predicted octanol–water partition coefficient (Wildman–Crippen LogP) is 2.02. The van der Waals surface area contributed by atoms with E-state index in [0.29, 0.717) is 30.3 Å². The van der Waals surface area contributed by atoms with Crippen LogP contribution in [0, 0.1) is 0 Å². The number of likely N-dealkylation sites (tertiary alicyclic amines) is 1. The average molecular weight is 372 g/mol. The van der Waals surface area contributed by atoms with Crippen molar-refractivity contribution in [3.05, 3.63) is 35.4 Å². The van der Waals surface area contributed by atoms with Gasteiger partial charge >= 0.3 is 6.03 Å². The fourth-order valence-corrected chi connectivity index (χ4v) is 3.79. The van der Waals surface area contributed by atoms with Gasteiger partial charge in [0.25, 0.3) is 5.91 Å². The van der Waals surface area contributed by atoms with Crippen molar-refractivity contribution < 1.29 is 14.4 Å². The molecule has 146 valence electrons. The molecule has 0 spiro atoms. The number of piperidine rings is 1. The highest BCUT2D eigenvalue weighted by Crippen LogP contribution is 2.18. The lowest BCUT2D eigenvalue weighted by Gasteiger charge is -2.34. The average Bonchev–Trinajstić information content (AvgIpc) is 2.69. The largest absolute Gasteiger partial charge is 0.366 e. The maximum absolute atomic E-state index is 12.4. The summed E-state index contributed by atoms with van der Waals surface area (Å²) in [7, 11) is 0. The van der Waals surface area contributed by atoms with Crippen LogP contribution in [0.5, 0.6) is 0 Å². The van der Waals surface area contributed by atoms with E-state index in [0.717, 1.165) is 25.7 Å². The van der Waals surface area contributed by atoms with Crippen molar-refractivity contribution in [1.29, 1.82) is 0 Å². The topological polar surface area (TPSA) is 105 Å². The van der Waals surface area contributed by atoms with Gasteiger partial charge in [-0.15, -0.1) is 0 Å². The van der Waals surface area contributed by atoms with Crippen molar-refractivity contribution in [3.63, 3.8) is 0 Å². The minimum atomic E-state index is -0.513. The molecule has 7 nitrogen and oxygen atoms in total. The van der Waals surface area contributed by atoms with Crippen LogP contribution in [0.3, 0.4) is 0 Å². The summed E-state index contributed by atoms with van der Waals surface area (Å²) in [5, 5.41) is 6.16. The zero-order chi connectivity index (χ0) is 19.2. The number of carbonyl (C=O) groups excluding carboxylic acids is 3. The number of primary amides is 1. The zero-order valence-corrected chi connectivity index (χ0v) is 15.6. The summed E-state index contributed by atoms with van der Waals surface area (Å²) in [4.78, 5) is 37.7. The first-order chi connectivity index (χ1) is 13.0. The first-order valence-corrected chi connectivity index (χ1v) is 9.79. The van der Waals surface area contributed by atoms with Gasteiger partial charge in [0.2, 0.25) is 5.91 Å². The predicted molar refractivity (Wildman–Crippen MR) is 102 cm³/mol. The van der Waals surface area contributed by atoms with Gasteiger partial charge in [0.15, 0.2) is 0 Å². The van der Waals surface area contributed by atoms with Crippen LogP contribution in [-0.2, 0) is 0 Å². The van der Waals surface area contributed by atoms with Crippen molar-refractivity contribution in [2.75, 3.05) is 13.1 Å². The molecule has 0 bridgehead atoms. The van der Waals surface area contributed by atoms with Crippen LogP contribution in [0.2, 0.25) is 0 Å². The summed E-state index contributed by atoms with van der Waals surface area (Å²) in [6.07, 6.45) is 7.29. The molecular formula is C20H28N4O3. The molecule has 7 heteroatoms. The number of nitrogens with zero attached hydrogens (tertiary/aromatic N) is 1. The third-order valence-corrected chi connectivity index (χ3v) is 5.48. The summed E-state index contributed by atoms with van der Waals surface area (Å²) in [6, 6.07) is 6.68. The Hall–Kier alpha value is -2.57. The van der Waals surface area contributed by atoms with E-state index in [1.54, 1.807) is 24.3 Å². The molecule has 1 aliphatic carbocycles. The van der Waals surface area contributed by atoms with Gasteiger partial charge in [-0.1, -0.05) is 19.3 Å². The molecule has 1 saturated heterocycles. The molecule has 2 aliphatic rings. The molecule has 0 radical (unpaired) electrons. The quantitative estimate of drug-likeness (QED) is 0.753. The zero-order valence-electron chi connectivity index (χ0n) is 15.6. The van der Waals surface area contributed by atoms with E-state index in [4.69, 9.17) is 5.73 Å². The Balaban J connectivity index is 1.43. The first kappa shape index (κ1) is 19.2. The maximum Gasteiger partial charge on any atom is 0.317 e. The van der Waals surface area contributed by atoms with Gasteiger partial charge in [-0.05, 0) is 49.9 Å². The summed E-state index contributed by atoms with van der Waals surface area (Å²) in [5.74, 6) is -0.683. The van der Waals surface area contributed by atoms with Gasteiger partial charge in [-0.3, -0.25) is 9.59 Å². The number of benzene rings is 1. The van der Waals surface area contributed by atoms with Crippen molar-refractivity contribution in [3.8, 4) is 0 Å². The van der Waals surface area contributed by atoms with Gasteiger partial charge < -0.3 is 21.3 Å². The molecule has 4 amide bonds. The second-order valence-corrected chi connectivity index (χ2v) is 7.46. The normalized spacial score (nSPS) is 18.7. The van der Waals surface area contributed by atoms with E-state index in [1.807, 2.05) is 4.90 Å². The number of hydrogen-bond donors (Lipinski definition) is 3. The summed E-state index contributed by atoms with van der Waals surface area (Å²) < 4.78 is 0. The van der Waals surface area contributed by atoms with Crippen LogP contribution in [0.15, 0.2) is 24.3 Å². The molecule has 4 N–H and O–H groups in total. The Kier molecular flexibility index (Phi) is 6.32. The van der Waals surface area contributed by atoms with Gasteiger partial charge in [0.05, 0.1) is 0 Å². The number of amides is 4. The number of rotatable bonds is 4. The van der Waals surface area contributed by atoms with Crippen LogP contribution in [-0.4, -0.2) is 47.9 Å². The molecule has 3 rings (SSSR count). The standard InChI is InChI=1S/C20H28N4O3/c21-18(25)14-6-8-15(9-7-14)19(26)22-17-10-12-24(13-11-17)20(27)23-16-4-2-1-3-5-16/h6-9,16-17H,1-5,10-13H2,(H2,21,25)(H,22,26)(H,23,27). The Morgan fingerprint density at radius 2 is 1.37 bits per heavy atom. The van der Waals surface area contributed by atoms with Gasteiger partial charge in [0.1, 0.15) is 0 Å². The molecular weight excluding hydrogens is 344 g/mol. The van der Waals surface area contributed by atoms with Gasteiger partial charge in [-0.2, -0.15) is 0 Å². The Bertz CT molecular complexity index is 675. The van der Waals surface area contributed by atoms with E-state index in [9.17, 15) is 14.4 Å².